The third-order valence-corrected chi connectivity index (χ3v) is 3.36. The number of hydrogen-bond acceptors (Lipinski definition) is 4. The standard InChI is InChI=1S/C14H20N2O2/c1-16(10-12-6-4-8-15-12)13-7-3-5-11(9-13)14(17)18-2/h3,5,7,9,12,15H,4,6,8,10H2,1-2H3. The zero-order chi connectivity index (χ0) is 13.0. The Labute approximate surface area is 108 Å². The molecule has 98 valence electrons. The summed E-state index contributed by atoms with van der Waals surface area (Å²) in [5.41, 5.74) is 1.65. The molecule has 1 aromatic carbocycles. The van der Waals surface area contributed by atoms with Crippen LogP contribution in [0.2, 0.25) is 0 Å². The molecule has 0 bridgehead atoms. The number of hydrogen-bond donors (Lipinski definition) is 1. The van der Waals surface area contributed by atoms with Gasteiger partial charge in [0.05, 0.1) is 12.7 Å². The molecule has 0 amide bonds. The summed E-state index contributed by atoms with van der Waals surface area (Å²) in [5.74, 6) is -0.288. The molecule has 1 N–H and O–H groups in total. The number of nitrogens with one attached hydrogen (secondary N) is 1. The number of ether oxygens (including phenoxy) is 1. The van der Waals surface area contributed by atoms with E-state index in [-0.39, 0.29) is 5.97 Å². The van der Waals surface area contributed by atoms with E-state index in [1.807, 2.05) is 18.2 Å². The van der Waals surface area contributed by atoms with Gasteiger partial charge in [-0.25, -0.2) is 4.79 Å². The van der Waals surface area contributed by atoms with Crippen molar-refractivity contribution in [3.05, 3.63) is 29.8 Å². The van der Waals surface area contributed by atoms with Gasteiger partial charge < -0.3 is 15.0 Å². The number of likely N-dealkylation sites (N-methyl/N-ethyl adjacent to an activating group) is 1. The molecule has 1 aromatic rings. The van der Waals surface area contributed by atoms with Crippen molar-refractivity contribution >= 4 is 11.7 Å². The van der Waals surface area contributed by atoms with Gasteiger partial charge in [0.2, 0.25) is 0 Å². The van der Waals surface area contributed by atoms with Crippen molar-refractivity contribution in [2.75, 3.05) is 32.1 Å². The number of benzene rings is 1. The Kier molecular flexibility index (Phi) is 4.20. The average Bonchev–Trinajstić information content (AvgIpc) is 2.90. The van der Waals surface area contributed by atoms with Crippen molar-refractivity contribution in [1.29, 1.82) is 0 Å². The first-order chi connectivity index (χ1) is 8.70. The summed E-state index contributed by atoms with van der Waals surface area (Å²) in [6.07, 6.45) is 2.47. The fourth-order valence-electron chi connectivity index (χ4n) is 2.34. The monoisotopic (exact) mass is 248 g/mol. The number of nitrogens with zero attached hydrogens (tertiary/aromatic N) is 1. The minimum absolute atomic E-state index is 0.288. The van der Waals surface area contributed by atoms with Crippen LogP contribution in [0.15, 0.2) is 24.3 Å². The summed E-state index contributed by atoms with van der Waals surface area (Å²) in [7, 11) is 3.46. The largest absolute Gasteiger partial charge is 0.465 e. The van der Waals surface area contributed by atoms with Crippen molar-refractivity contribution < 1.29 is 9.53 Å². The fraction of sp³-hybridized carbons (Fsp3) is 0.500. The van der Waals surface area contributed by atoms with Gasteiger partial charge in [-0.05, 0) is 37.6 Å². The first-order valence-electron chi connectivity index (χ1n) is 6.33. The Morgan fingerprint density at radius 1 is 1.56 bits per heavy atom. The van der Waals surface area contributed by atoms with E-state index in [1.165, 1.54) is 20.0 Å². The third-order valence-electron chi connectivity index (χ3n) is 3.36. The van der Waals surface area contributed by atoms with Gasteiger partial charge in [0.15, 0.2) is 0 Å². The molecule has 0 radical (unpaired) electrons. The molecule has 2 rings (SSSR count). The molecule has 1 fully saturated rings. The molecule has 1 saturated heterocycles. The molecule has 4 nitrogen and oxygen atoms in total. The van der Waals surface area contributed by atoms with Crippen LogP contribution in [0.25, 0.3) is 0 Å². The van der Waals surface area contributed by atoms with E-state index in [9.17, 15) is 4.79 Å². The molecule has 1 atom stereocenters. The SMILES string of the molecule is COC(=O)c1cccc(N(C)CC2CCCN2)c1. The number of esters is 1. The topological polar surface area (TPSA) is 41.6 Å². The van der Waals surface area contributed by atoms with E-state index < -0.39 is 0 Å². The van der Waals surface area contributed by atoms with Crippen molar-refractivity contribution in [2.24, 2.45) is 0 Å². The maximum Gasteiger partial charge on any atom is 0.337 e. The summed E-state index contributed by atoms with van der Waals surface area (Å²) >= 11 is 0. The van der Waals surface area contributed by atoms with E-state index in [0.717, 1.165) is 18.8 Å². The second-order valence-corrected chi connectivity index (χ2v) is 4.72. The van der Waals surface area contributed by atoms with Crippen LogP contribution in [0.5, 0.6) is 0 Å². The highest BCUT2D eigenvalue weighted by molar-refractivity contribution is 5.90. The molecule has 1 heterocycles. The average molecular weight is 248 g/mol. The molecule has 1 aliphatic heterocycles. The number of anilines is 1. The van der Waals surface area contributed by atoms with Crippen LogP contribution in [-0.2, 0) is 4.74 Å². The molecule has 0 aromatic heterocycles. The van der Waals surface area contributed by atoms with Gasteiger partial charge in [0.1, 0.15) is 0 Å². The van der Waals surface area contributed by atoms with E-state index >= 15 is 0 Å². The maximum absolute atomic E-state index is 11.5. The summed E-state index contributed by atoms with van der Waals surface area (Å²) < 4.78 is 4.73. The lowest BCUT2D eigenvalue weighted by atomic mass is 10.1. The van der Waals surface area contributed by atoms with Crippen molar-refractivity contribution in [1.82, 2.24) is 5.32 Å². The predicted octanol–water partition coefficient (Wildman–Crippen LogP) is 1.66. The lowest BCUT2D eigenvalue weighted by Crippen LogP contribution is -2.35. The van der Waals surface area contributed by atoms with E-state index in [0.29, 0.717) is 11.6 Å². The van der Waals surface area contributed by atoms with Gasteiger partial charge >= 0.3 is 5.97 Å². The molecule has 0 spiro atoms. The van der Waals surface area contributed by atoms with Crippen molar-refractivity contribution in [3.63, 3.8) is 0 Å². The minimum atomic E-state index is -0.288. The van der Waals surface area contributed by atoms with E-state index in [1.54, 1.807) is 6.07 Å². The van der Waals surface area contributed by atoms with Crippen LogP contribution in [0.3, 0.4) is 0 Å². The highest BCUT2D eigenvalue weighted by atomic mass is 16.5. The van der Waals surface area contributed by atoms with Crippen LogP contribution in [0.4, 0.5) is 5.69 Å². The summed E-state index contributed by atoms with van der Waals surface area (Å²) in [6, 6.07) is 8.11. The number of carbonyl (C=O) groups is 1. The maximum atomic E-state index is 11.5. The highest BCUT2D eigenvalue weighted by Crippen LogP contribution is 2.17. The van der Waals surface area contributed by atoms with Gasteiger partial charge in [0, 0.05) is 25.3 Å². The number of methoxy groups -OCH3 is 1. The molecule has 0 aliphatic carbocycles. The first kappa shape index (κ1) is 12.9. The molecule has 4 heteroatoms. The Morgan fingerprint density at radius 2 is 2.39 bits per heavy atom. The van der Waals surface area contributed by atoms with Gasteiger partial charge in [-0.3, -0.25) is 0 Å². The Hall–Kier alpha value is -1.55. The lowest BCUT2D eigenvalue weighted by molar-refractivity contribution is 0.0601. The fourth-order valence-corrected chi connectivity index (χ4v) is 2.34. The van der Waals surface area contributed by atoms with Gasteiger partial charge in [-0.2, -0.15) is 0 Å². The van der Waals surface area contributed by atoms with Crippen molar-refractivity contribution in [2.45, 2.75) is 18.9 Å². The minimum Gasteiger partial charge on any atom is -0.465 e. The molecular weight excluding hydrogens is 228 g/mol. The smallest absolute Gasteiger partial charge is 0.337 e. The summed E-state index contributed by atoms with van der Waals surface area (Å²) in [4.78, 5) is 13.7. The Morgan fingerprint density at radius 3 is 3.06 bits per heavy atom. The number of carbonyl (C=O) groups excluding carboxylic acids is 1. The first-order valence-corrected chi connectivity index (χ1v) is 6.33. The third kappa shape index (κ3) is 3.01. The van der Waals surface area contributed by atoms with Gasteiger partial charge in [-0.1, -0.05) is 6.07 Å². The van der Waals surface area contributed by atoms with Crippen molar-refractivity contribution in [3.8, 4) is 0 Å². The van der Waals surface area contributed by atoms with Crippen LogP contribution < -0.4 is 10.2 Å². The second kappa shape index (κ2) is 5.87. The molecular formula is C14H20N2O2. The van der Waals surface area contributed by atoms with E-state index in [2.05, 4.69) is 17.3 Å². The van der Waals surface area contributed by atoms with Crippen LogP contribution in [0, 0.1) is 0 Å². The lowest BCUT2D eigenvalue weighted by Gasteiger charge is -2.23. The highest BCUT2D eigenvalue weighted by Gasteiger charge is 2.16. The Bertz CT molecular complexity index is 414. The molecule has 18 heavy (non-hydrogen) atoms. The van der Waals surface area contributed by atoms with Gasteiger partial charge in [-0.15, -0.1) is 0 Å². The zero-order valence-electron chi connectivity index (χ0n) is 11.0. The quantitative estimate of drug-likeness (QED) is 0.823. The predicted molar refractivity (Wildman–Crippen MR) is 72.1 cm³/mol. The van der Waals surface area contributed by atoms with Crippen LogP contribution in [0.1, 0.15) is 23.2 Å². The van der Waals surface area contributed by atoms with Crippen LogP contribution in [-0.4, -0.2) is 39.3 Å². The summed E-state index contributed by atoms with van der Waals surface area (Å²) in [6.45, 7) is 2.07. The molecule has 0 saturated carbocycles. The Balaban J connectivity index is 2.04. The second-order valence-electron chi connectivity index (χ2n) is 4.72. The molecule has 1 unspecified atom stereocenters. The van der Waals surface area contributed by atoms with E-state index in [4.69, 9.17) is 4.74 Å². The zero-order valence-corrected chi connectivity index (χ0v) is 11.0. The normalized spacial score (nSPS) is 18.7. The van der Waals surface area contributed by atoms with Crippen LogP contribution >= 0.6 is 0 Å². The number of rotatable bonds is 4. The van der Waals surface area contributed by atoms with Gasteiger partial charge in [0.25, 0.3) is 0 Å². The summed E-state index contributed by atoms with van der Waals surface area (Å²) in [5, 5.41) is 3.47. The molecule has 1 aliphatic rings.